The summed E-state index contributed by atoms with van der Waals surface area (Å²) in [6.45, 7) is 2.02. The average molecular weight is 849 g/mol. The largest absolute Gasteiger partial charge is 0.372 e. The summed E-state index contributed by atoms with van der Waals surface area (Å²) in [7, 11) is 3.06. The van der Waals surface area contributed by atoms with Gasteiger partial charge in [-0.3, -0.25) is 9.59 Å². The average Bonchev–Trinajstić information content (AvgIpc) is 4.18. The predicted molar refractivity (Wildman–Crippen MR) is 237 cm³/mol. The Morgan fingerprint density at radius 1 is 0.603 bits per heavy atom. The Labute approximate surface area is 366 Å². The van der Waals surface area contributed by atoms with Crippen molar-refractivity contribution < 1.29 is 23.9 Å². The van der Waals surface area contributed by atoms with Crippen LogP contribution in [-0.4, -0.2) is 80.8 Å². The number of likely N-dealkylation sites (tertiary alicyclic amines) is 2. The third-order valence-electron chi connectivity index (χ3n) is 11.7. The van der Waals surface area contributed by atoms with E-state index in [2.05, 4.69) is 31.2 Å². The molecule has 8 rings (SSSR count). The summed E-state index contributed by atoms with van der Waals surface area (Å²) < 4.78 is 6.10. The topological polar surface area (TPSA) is 189 Å². The Hall–Kier alpha value is -7.26. The predicted octanol–water partition coefficient (Wildman–Crippen LogP) is 6.85. The van der Waals surface area contributed by atoms with Gasteiger partial charge in [0.05, 0.1) is 49.1 Å². The van der Waals surface area contributed by atoms with Gasteiger partial charge in [-0.2, -0.15) is 0 Å². The fourth-order valence-electron chi connectivity index (χ4n) is 8.39. The number of aromatic nitrogens is 4. The minimum Gasteiger partial charge on any atom is -0.372 e. The Morgan fingerprint density at radius 2 is 1.00 bits per heavy atom. The van der Waals surface area contributed by atoms with E-state index in [1.54, 1.807) is 12.4 Å². The molecule has 324 valence electrons. The van der Waals surface area contributed by atoms with Crippen molar-refractivity contribution in [3.05, 3.63) is 155 Å². The van der Waals surface area contributed by atoms with Crippen LogP contribution in [0.25, 0.3) is 22.5 Å². The number of amides is 6. The number of benzene rings is 4. The van der Waals surface area contributed by atoms with Gasteiger partial charge in [0, 0.05) is 27.2 Å². The van der Waals surface area contributed by atoms with Gasteiger partial charge in [-0.05, 0) is 59.1 Å². The number of imidazole rings is 2. The van der Waals surface area contributed by atoms with Gasteiger partial charge in [-0.25, -0.2) is 19.6 Å². The summed E-state index contributed by atoms with van der Waals surface area (Å²) in [5, 5.41) is 10.8. The van der Waals surface area contributed by atoms with E-state index in [1.165, 1.54) is 14.1 Å². The molecule has 15 heteroatoms. The van der Waals surface area contributed by atoms with E-state index in [0.29, 0.717) is 38.0 Å². The van der Waals surface area contributed by atoms with Gasteiger partial charge >= 0.3 is 12.1 Å². The summed E-state index contributed by atoms with van der Waals surface area (Å²) in [6, 6.07) is 31.9. The lowest BCUT2D eigenvalue weighted by atomic mass is 10.0. The van der Waals surface area contributed by atoms with Crippen molar-refractivity contribution in [2.75, 3.05) is 27.2 Å². The molecule has 15 nitrogen and oxygen atoms in total. The SMILES string of the molecule is CNC(=O)N[C@@H](C(=O)N1CCC[C@H]1c1ncc(-c2ccc(COCc3ccc(-c4cnc([C@@H]5CCCN5C(=O)[C@H](NC(=O)NC)c5ccccc5)[nH]4)cc3)cc2)[nH]1)c1ccccc1. The number of H-pyrrole nitrogens is 2. The molecule has 0 spiro atoms. The number of hydrogen-bond acceptors (Lipinski definition) is 7. The molecule has 63 heavy (non-hydrogen) atoms. The third-order valence-corrected chi connectivity index (χ3v) is 11.7. The molecule has 0 unspecified atom stereocenters. The molecular weight excluding hydrogens is 797 g/mol. The minimum absolute atomic E-state index is 0.174. The zero-order valence-corrected chi connectivity index (χ0v) is 35.3. The van der Waals surface area contributed by atoms with Crippen LogP contribution in [0.2, 0.25) is 0 Å². The van der Waals surface area contributed by atoms with Crippen LogP contribution in [0.15, 0.2) is 122 Å². The normalized spacial score (nSPS) is 16.9. The molecule has 0 bridgehead atoms. The second-order valence-electron chi connectivity index (χ2n) is 15.8. The monoisotopic (exact) mass is 848 g/mol. The van der Waals surface area contributed by atoms with E-state index in [1.807, 2.05) is 119 Å². The van der Waals surface area contributed by atoms with Gasteiger partial charge in [-0.1, -0.05) is 109 Å². The van der Waals surface area contributed by atoms with Gasteiger partial charge < -0.3 is 45.8 Å². The standard InChI is InChI=1S/C48H52N10O5/c1-49-47(61)55-41(35-11-5-3-6-12-35)45(59)57-25-9-15-39(57)43-51-27-37(53-43)33-21-17-31(18-22-33)29-63-30-32-19-23-34(24-20-32)38-28-52-44(54-38)40-16-10-26-58(40)46(60)42(56-48(62)50-2)36-13-7-4-8-14-36/h3-8,11-14,17-24,27-28,39-42H,9-10,15-16,25-26,29-30H2,1-2H3,(H,51,53)(H,52,54)(H2,49,55,61)(H2,50,56,62)/t39-,40-,41+,42+/m0/s1. The van der Waals surface area contributed by atoms with E-state index in [-0.39, 0.29) is 23.9 Å². The zero-order chi connectivity index (χ0) is 43.7. The van der Waals surface area contributed by atoms with Crippen molar-refractivity contribution in [3.63, 3.8) is 0 Å². The van der Waals surface area contributed by atoms with Crippen molar-refractivity contribution in [3.8, 4) is 22.5 Å². The van der Waals surface area contributed by atoms with Gasteiger partial charge in [0.2, 0.25) is 11.8 Å². The van der Waals surface area contributed by atoms with Crippen molar-refractivity contribution in [2.24, 2.45) is 0 Å². The van der Waals surface area contributed by atoms with Gasteiger partial charge in [0.1, 0.15) is 23.7 Å². The van der Waals surface area contributed by atoms with Crippen LogP contribution in [-0.2, 0) is 27.5 Å². The Morgan fingerprint density at radius 3 is 1.38 bits per heavy atom. The summed E-state index contributed by atoms with van der Waals surface area (Å²) in [5.41, 5.74) is 7.14. The molecule has 4 aromatic carbocycles. The molecule has 0 aliphatic carbocycles. The van der Waals surface area contributed by atoms with Crippen LogP contribution in [0.4, 0.5) is 9.59 Å². The zero-order valence-electron chi connectivity index (χ0n) is 35.3. The molecule has 6 aromatic rings. The van der Waals surface area contributed by atoms with Crippen LogP contribution in [0.3, 0.4) is 0 Å². The lowest BCUT2D eigenvalue weighted by Gasteiger charge is -2.28. The second kappa shape index (κ2) is 19.6. The lowest BCUT2D eigenvalue weighted by molar-refractivity contribution is -0.135. The lowest BCUT2D eigenvalue weighted by Crippen LogP contribution is -2.45. The van der Waals surface area contributed by atoms with Crippen LogP contribution in [0.1, 0.15) is 83.8 Å². The summed E-state index contributed by atoms with van der Waals surface area (Å²) in [6.07, 6.45) is 6.80. The minimum atomic E-state index is -0.817. The second-order valence-corrected chi connectivity index (χ2v) is 15.8. The number of carbonyl (C=O) groups excluding carboxylic acids is 4. The van der Waals surface area contributed by atoms with Crippen LogP contribution >= 0.6 is 0 Å². The van der Waals surface area contributed by atoms with Gasteiger partial charge in [-0.15, -0.1) is 0 Å². The number of carbonyl (C=O) groups is 4. The Bertz CT molecular complexity index is 2320. The number of aromatic amines is 2. The van der Waals surface area contributed by atoms with Gasteiger partial charge in [0.25, 0.3) is 0 Å². The van der Waals surface area contributed by atoms with E-state index in [0.717, 1.165) is 70.5 Å². The molecule has 0 radical (unpaired) electrons. The van der Waals surface area contributed by atoms with E-state index >= 15 is 0 Å². The molecule has 2 aliphatic heterocycles. The quantitative estimate of drug-likeness (QED) is 0.0691. The first-order valence-electron chi connectivity index (χ1n) is 21.3. The van der Waals surface area contributed by atoms with Crippen molar-refractivity contribution in [1.29, 1.82) is 0 Å². The van der Waals surface area contributed by atoms with E-state index < -0.39 is 24.1 Å². The summed E-state index contributed by atoms with van der Waals surface area (Å²) >= 11 is 0. The first kappa shape index (κ1) is 42.4. The molecule has 6 N–H and O–H groups in total. The smallest absolute Gasteiger partial charge is 0.315 e. The highest BCUT2D eigenvalue weighted by Crippen LogP contribution is 2.36. The van der Waals surface area contributed by atoms with Gasteiger partial charge in [0.15, 0.2) is 0 Å². The van der Waals surface area contributed by atoms with E-state index in [4.69, 9.17) is 14.7 Å². The number of urea groups is 2. The molecular formula is C48H52N10O5. The van der Waals surface area contributed by atoms with Crippen LogP contribution in [0.5, 0.6) is 0 Å². The Balaban J connectivity index is 0.844. The maximum atomic E-state index is 13.9. The molecule has 4 atom stereocenters. The molecule has 6 amide bonds. The first-order valence-corrected chi connectivity index (χ1v) is 21.3. The number of ether oxygens (including phenoxy) is 1. The van der Waals surface area contributed by atoms with Crippen LogP contribution < -0.4 is 21.3 Å². The highest BCUT2D eigenvalue weighted by atomic mass is 16.5. The molecule has 2 fully saturated rings. The Kier molecular flexibility index (Phi) is 13.2. The number of hydrogen-bond donors (Lipinski definition) is 6. The third kappa shape index (κ3) is 9.79. The fraction of sp³-hybridized carbons (Fsp3) is 0.292. The van der Waals surface area contributed by atoms with E-state index in [9.17, 15) is 19.2 Å². The highest BCUT2D eigenvalue weighted by Gasteiger charge is 2.38. The van der Waals surface area contributed by atoms with Crippen molar-refractivity contribution in [2.45, 2.75) is 63.1 Å². The maximum absolute atomic E-state index is 13.9. The molecule has 4 heterocycles. The number of rotatable bonds is 14. The van der Waals surface area contributed by atoms with Crippen molar-refractivity contribution in [1.82, 2.24) is 51.0 Å². The first-order chi connectivity index (χ1) is 30.8. The number of nitrogens with zero attached hydrogens (tertiary/aromatic N) is 4. The number of nitrogens with one attached hydrogen (secondary N) is 6. The highest BCUT2D eigenvalue weighted by molar-refractivity contribution is 5.89. The maximum Gasteiger partial charge on any atom is 0.315 e. The van der Waals surface area contributed by atoms with Crippen molar-refractivity contribution >= 4 is 23.9 Å². The summed E-state index contributed by atoms with van der Waals surface area (Å²) in [5.74, 6) is 1.08. The fourth-order valence-corrected chi connectivity index (χ4v) is 8.39. The molecule has 0 saturated carbocycles. The molecule has 2 saturated heterocycles. The molecule has 2 aromatic heterocycles. The van der Waals surface area contributed by atoms with Crippen LogP contribution in [0, 0.1) is 0 Å². The molecule has 2 aliphatic rings. The summed E-state index contributed by atoms with van der Waals surface area (Å²) in [4.78, 5) is 72.3.